The van der Waals surface area contributed by atoms with Gasteiger partial charge in [0, 0.05) is 10.6 Å². The first kappa shape index (κ1) is 20.3. The number of aliphatic hydroxyl groups excluding tert-OH is 1. The number of hydrogen-bond donors (Lipinski definition) is 3. The summed E-state index contributed by atoms with van der Waals surface area (Å²) < 4.78 is 21.6. The van der Waals surface area contributed by atoms with Crippen molar-refractivity contribution in [2.24, 2.45) is 7.05 Å². The molecule has 28 heavy (non-hydrogen) atoms. The summed E-state index contributed by atoms with van der Waals surface area (Å²) in [6.07, 6.45) is 0.497. The maximum absolute atomic E-state index is 14.3. The standard InChI is InChI=1S/C18H17FIN3O5/c1-9(24)8-28-22-17(25)14-15-11(5-6-27-15)18(26)23(2)16(14)21-13-4-3-10(20)7-12(13)19/h3-7,9,21,24H,8H2,1-2H3,(H,22,25). The van der Waals surface area contributed by atoms with E-state index in [9.17, 15) is 19.1 Å². The van der Waals surface area contributed by atoms with Crippen molar-refractivity contribution < 1.29 is 23.5 Å². The van der Waals surface area contributed by atoms with E-state index in [1.54, 1.807) is 6.07 Å². The number of hydrogen-bond acceptors (Lipinski definition) is 6. The van der Waals surface area contributed by atoms with Crippen LogP contribution in [0, 0.1) is 9.39 Å². The lowest BCUT2D eigenvalue weighted by Gasteiger charge is -2.17. The highest BCUT2D eigenvalue weighted by Crippen LogP contribution is 2.28. The topological polar surface area (TPSA) is 106 Å². The molecule has 2 aromatic heterocycles. The molecule has 0 aliphatic heterocycles. The van der Waals surface area contributed by atoms with Crippen molar-refractivity contribution in [3.63, 3.8) is 0 Å². The van der Waals surface area contributed by atoms with Crippen LogP contribution in [0.4, 0.5) is 15.9 Å². The maximum Gasteiger partial charge on any atom is 0.282 e. The van der Waals surface area contributed by atoms with Gasteiger partial charge in [-0.05, 0) is 53.8 Å². The molecule has 0 radical (unpaired) electrons. The molecule has 0 saturated heterocycles. The van der Waals surface area contributed by atoms with Crippen LogP contribution in [0.1, 0.15) is 17.3 Å². The number of hydroxylamine groups is 1. The number of aliphatic hydroxyl groups is 1. The molecule has 0 spiro atoms. The number of fused-ring (bicyclic) bond motifs is 1. The predicted molar refractivity (Wildman–Crippen MR) is 109 cm³/mol. The molecule has 1 aromatic carbocycles. The second kappa shape index (κ2) is 8.29. The number of carbonyl (C=O) groups excluding carboxylic acids is 1. The van der Waals surface area contributed by atoms with Crippen LogP contribution in [0.5, 0.6) is 0 Å². The molecule has 0 aliphatic carbocycles. The third-order valence-electron chi connectivity index (χ3n) is 3.90. The molecule has 0 fully saturated rings. The molecule has 8 nitrogen and oxygen atoms in total. The van der Waals surface area contributed by atoms with Gasteiger partial charge in [-0.3, -0.25) is 19.0 Å². The number of benzene rings is 1. The van der Waals surface area contributed by atoms with E-state index in [0.29, 0.717) is 3.57 Å². The zero-order valence-electron chi connectivity index (χ0n) is 15.0. The summed E-state index contributed by atoms with van der Waals surface area (Å²) >= 11 is 1.97. The summed E-state index contributed by atoms with van der Waals surface area (Å²) in [4.78, 5) is 30.3. The average Bonchev–Trinajstić information content (AvgIpc) is 3.10. The Bertz CT molecular complexity index is 1090. The van der Waals surface area contributed by atoms with Crippen LogP contribution < -0.4 is 16.4 Å². The summed E-state index contributed by atoms with van der Waals surface area (Å²) in [6.45, 7) is 1.36. The van der Waals surface area contributed by atoms with Gasteiger partial charge in [0.25, 0.3) is 11.5 Å². The first-order valence-electron chi connectivity index (χ1n) is 8.22. The Labute approximate surface area is 172 Å². The number of pyridine rings is 1. The number of anilines is 2. The third-order valence-corrected chi connectivity index (χ3v) is 4.57. The molecule has 0 saturated carbocycles. The largest absolute Gasteiger partial charge is 0.463 e. The molecule has 0 aliphatic rings. The lowest BCUT2D eigenvalue weighted by atomic mass is 10.1. The molecule has 3 N–H and O–H groups in total. The number of nitrogens with one attached hydrogen (secondary N) is 2. The van der Waals surface area contributed by atoms with Gasteiger partial charge >= 0.3 is 0 Å². The molecular formula is C18H17FIN3O5. The number of furan rings is 1. The van der Waals surface area contributed by atoms with Crippen molar-refractivity contribution in [3.8, 4) is 0 Å². The zero-order chi connectivity index (χ0) is 20.4. The summed E-state index contributed by atoms with van der Waals surface area (Å²) in [6, 6.07) is 5.94. The number of carbonyl (C=O) groups is 1. The van der Waals surface area contributed by atoms with Gasteiger partial charge in [-0.15, -0.1) is 0 Å². The first-order chi connectivity index (χ1) is 13.3. The van der Waals surface area contributed by atoms with Crippen LogP contribution in [0.25, 0.3) is 11.0 Å². The summed E-state index contributed by atoms with van der Waals surface area (Å²) in [5.74, 6) is -1.23. The average molecular weight is 501 g/mol. The van der Waals surface area contributed by atoms with E-state index in [2.05, 4.69) is 10.8 Å². The Balaban J connectivity index is 2.10. The normalized spacial score (nSPS) is 12.2. The van der Waals surface area contributed by atoms with Crippen LogP contribution in [-0.4, -0.2) is 28.3 Å². The van der Waals surface area contributed by atoms with Gasteiger partial charge in [-0.1, -0.05) is 0 Å². The van der Waals surface area contributed by atoms with Crippen molar-refractivity contribution in [1.82, 2.24) is 10.0 Å². The first-order valence-corrected chi connectivity index (χ1v) is 9.30. The molecule has 1 unspecified atom stereocenters. The number of halogens is 2. The molecule has 3 aromatic rings. The summed E-state index contributed by atoms with van der Waals surface area (Å²) in [7, 11) is 1.45. The number of aromatic nitrogens is 1. The Kier molecular flexibility index (Phi) is 6.01. The zero-order valence-corrected chi connectivity index (χ0v) is 17.1. The fraction of sp³-hybridized carbons (Fsp3) is 0.222. The van der Waals surface area contributed by atoms with Crippen LogP contribution >= 0.6 is 22.6 Å². The van der Waals surface area contributed by atoms with Crippen molar-refractivity contribution in [2.45, 2.75) is 13.0 Å². The lowest BCUT2D eigenvalue weighted by molar-refractivity contribution is -0.00680. The highest BCUT2D eigenvalue weighted by atomic mass is 127. The van der Waals surface area contributed by atoms with Crippen LogP contribution in [0.3, 0.4) is 0 Å². The fourth-order valence-electron chi connectivity index (χ4n) is 2.58. The SMILES string of the molecule is CC(O)CONC(=O)c1c(Nc2ccc(I)cc2F)n(C)c(=O)c2ccoc12. The third kappa shape index (κ3) is 4.03. The monoisotopic (exact) mass is 501 g/mol. The maximum atomic E-state index is 14.3. The van der Waals surface area contributed by atoms with Crippen molar-refractivity contribution in [1.29, 1.82) is 0 Å². The number of nitrogens with zero attached hydrogens (tertiary/aromatic N) is 1. The minimum Gasteiger partial charge on any atom is -0.463 e. The van der Waals surface area contributed by atoms with Gasteiger partial charge < -0.3 is 14.8 Å². The quantitative estimate of drug-likeness (QED) is 0.355. The Morgan fingerprint density at radius 3 is 2.86 bits per heavy atom. The molecular weight excluding hydrogens is 484 g/mol. The molecule has 1 atom stereocenters. The fourth-order valence-corrected chi connectivity index (χ4v) is 3.04. The highest BCUT2D eigenvalue weighted by Gasteiger charge is 2.24. The minimum absolute atomic E-state index is 0.0331. The summed E-state index contributed by atoms with van der Waals surface area (Å²) in [5, 5.41) is 12.3. The Morgan fingerprint density at radius 2 is 2.18 bits per heavy atom. The Hall–Kier alpha value is -2.44. The van der Waals surface area contributed by atoms with Crippen molar-refractivity contribution in [3.05, 3.63) is 55.8 Å². The molecule has 3 rings (SSSR count). The van der Waals surface area contributed by atoms with E-state index < -0.39 is 23.4 Å². The van der Waals surface area contributed by atoms with Crippen LogP contribution in [-0.2, 0) is 11.9 Å². The van der Waals surface area contributed by atoms with Gasteiger partial charge in [0.2, 0.25) is 0 Å². The number of amides is 1. The minimum atomic E-state index is -0.789. The van der Waals surface area contributed by atoms with E-state index >= 15 is 0 Å². The Morgan fingerprint density at radius 1 is 1.43 bits per heavy atom. The van der Waals surface area contributed by atoms with Gasteiger partial charge in [0.05, 0.1) is 23.4 Å². The second-order valence-corrected chi connectivity index (χ2v) is 7.34. The molecule has 2 heterocycles. The van der Waals surface area contributed by atoms with E-state index in [4.69, 9.17) is 9.25 Å². The van der Waals surface area contributed by atoms with E-state index in [-0.39, 0.29) is 34.6 Å². The van der Waals surface area contributed by atoms with Gasteiger partial charge in [-0.2, -0.15) is 0 Å². The van der Waals surface area contributed by atoms with Gasteiger partial charge in [0.1, 0.15) is 23.8 Å². The molecule has 148 valence electrons. The predicted octanol–water partition coefficient (Wildman–Crippen LogP) is 2.66. The molecule has 0 bridgehead atoms. The van der Waals surface area contributed by atoms with E-state index in [0.717, 1.165) is 0 Å². The second-order valence-electron chi connectivity index (χ2n) is 6.09. The van der Waals surface area contributed by atoms with E-state index in [1.165, 1.54) is 43.0 Å². The number of rotatable bonds is 6. The highest BCUT2D eigenvalue weighted by molar-refractivity contribution is 14.1. The summed E-state index contributed by atoms with van der Waals surface area (Å²) in [5.41, 5.74) is 1.87. The van der Waals surface area contributed by atoms with Gasteiger partial charge in [-0.25, -0.2) is 9.87 Å². The lowest BCUT2D eigenvalue weighted by Crippen LogP contribution is -2.31. The van der Waals surface area contributed by atoms with Crippen LogP contribution in [0.15, 0.2) is 39.7 Å². The van der Waals surface area contributed by atoms with Gasteiger partial charge in [0.15, 0.2) is 5.58 Å². The van der Waals surface area contributed by atoms with Crippen molar-refractivity contribution in [2.75, 3.05) is 11.9 Å². The molecule has 1 amide bonds. The van der Waals surface area contributed by atoms with E-state index in [1.807, 2.05) is 22.6 Å². The smallest absolute Gasteiger partial charge is 0.282 e. The van der Waals surface area contributed by atoms with Crippen LogP contribution in [0.2, 0.25) is 0 Å². The van der Waals surface area contributed by atoms with Crippen molar-refractivity contribution >= 4 is 51.0 Å². The molecule has 10 heteroatoms.